The summed E-state index contributed by atoms with van der Waals surface area (Å²) in [6, 6.07) is 0. The van der Waals surface area contributed by atoms with Crippen molar-refractivity contribution in [3.63, 3.8) is 0 Å². The van der Waals surface area contributed by atoms with Gasteiger partial charge in [-0.25, -0.2) is 0 Å². The number of ether oxygens (including phenoxy) is 1. The first kappa shape index (κ1) is 8.08. The molecule has 1 aliphatic rings. The van der Waals surface area contributed by atoms with Crippen LogP contribution in [0.2, 0.25) is 0 Å². The maximum absolute atomic E-state index is 10.8. The van der Waals surface area contributed by atoms with E-state index in [1.54, 1.807) is 11.8 Å². The molecule has 1 aliphatic carbocycles. The van der Waals surface area contributed by atoms with Crippen molar-refractivity contribution in [2.24, 2.45) is 0 Å². The zero-order chi connectivity index (χ0) is 7.56. The second-order valence-electron chi connectivity index (χ2n) is 2.32. The van der Waals surface area contributed by atoms with E-state index < -0.39 is 0 Å². The van der Waals surface area contributed by atoms with Crippen LogP contribution in [0, 0.1) is 0 Å². The Kier molecular flexibility index (Phi) is 2.74. The van der Waals surface area contributed by atoms with E-state index in [4.69, 9.17) is 4.74 Å². The zero-order valence-electron chi connectivity index (χ0n) is 6.29. The van der Waals surface area contributed by atoms with Crippen molar-refractivity contribution in [3.05, 3.63) is 0 Å². The number of rotatable bonds is 3. The Morgan fingerprint density at radius 3 is 2.90 bits per heavy atom. The fourth-order valence-electron chi connectivity index (χ4n) is 1.11. The molecule has 0 aromatic rings. The number of carbonyl (C=O) groups excluding carboxylic acids is 1. The van der Waals surface area contributed by atoms with Gasteiger partial charge >= 0.3 is 0 Å². The number of ketones is 1. The highest BCUT2D eigenvalue weighted by atomic mass is 32.2. The second-order valence-corrected chi connectivity index (χ2v) is 3.30. The lowest BCUT2D eigenvalue weighted by molar-refractivity contribution is -0.132. The third-order valence-corrected chi connectivity index (χ3v) is 2.77. The van der Waals surface area contributed by atoms with E-state index in [-0.39, 0.29) is 11.4 Å². The van der Waals surface area contributed by atoms with E-state index in [1.165, 1.54) is 0 Å². The molecule has 2 nitrogen and oxygen atoms in total. The van der Waals surface area contributed by atoms with Crippen LogP contribution in [0.25, 0.3) is 0 Å². The summed E-state index contributed by atoms with van der Waals surface area (Å²) in [4.78, 5) is 10.8. The number of hydrogen-bond donors (Lipinski definition) is 0. The first-order valence-electron chi connectivity index (χ1n) is 3.46. The standard InChI is InChI=1S/C7H12O2S/c1-3-9-6-4-5(8)7(6)10-2/h6-7H,3-4H2,1-2H3. The Hall–Kier alpha value is -0.0200. The molecule has 58 valence electrons. The molecule has 10 heavy (non-hydrogen) atoms. The first-order valence-corrected chi connectivity index (χ1v) is 4.75. The smallest absolute Gasteiger partial charge is 0.151 e. The highest BCUT2D eigenvalue weighted by Crippen LogP contribution is 2.29. The molecule has 0 saturated heterocycles. The fraction of sp³-hybridized carbons (Fsp3) is 0.857. The Morgan fingerprint density at radius 2 is 2.50 bits per heavy atom. The molecule has 0 aliphatic heterocycles. The van der Waals surface area contributed by atoms with Crippen molar-refractivity contribution in [2.45, 2.75) is 24.7 Å². The maximum Gasteiger partial charge on any atom is 0.151 e. The van der Waals surface area contributed by atoms with E-state index in [0.717, 1.165) is 6.61 Å². The van der Waals surface area contributed by atoms with Crippen LogP contribution in [-0.2, 0) is 9.53 Å². The topological polar surface area (TPSA) is 26.3 Å². The highest BCUT2D eigenvalue weighted by molar-refractivity contribution is 8.00. The lowest BCUT2D eigenvalue weighted by Crippen LogP contribution is -2.46. The van der Waals surface area contributed by atoms with Crippen LogP contribution >= 0.6 is 11.8 Å². The third kappa shape index (κ3) is 1.35. The summed E-state index contributed by atoms with van der Waals surface area (Å²) >= 11 is 1.59. The van der Waals surface area contributed by atoms with Crippen LogP contribution in [0.4, 0.5) is 0 Å². The van der Waals surface area contributed by atoms with Gasteiger partial charge in [-0.15, -0.1) is 0 Å². The molecule has 2 atom stereocenters. The Morgan fingerprint density at radius 1 is 1.80 bits per heavy atom. The Balaban J connectivity index is 2.30. The molecule has 3 heteroatoms. The molecule has 0 amide bonds. The molecule has 0 bridgehead atoms. The first-order chi connectivity index (χ1) is 4.79. The van der Waals surface area contributed by atoms with E-state index in [0.29, 0.717) is 12.2 Å². The Bertz CT molecular complexity index is 136. The van der Waals surface area contributed by atoms with Gasteiger partial charge in [0.05, 0.1) is 11.4 Å². The summed E-state index contributed by atoms with van der Waals surface area (Å²) in [5.41, 5.74) is 0. The quantitative estimate of drug-likeness (QED) is 0.618. The molecule has 1 saturated carbocycles. The minimum Gasteiger partial charge on any atom is -0.376 e. The van der Waals surface area contributed by atoms with Crippen molar-refractivity contribution >= 4 is 17.5 Å². The molecule has 0 aromatic heterocycles. The fourth-order valence-corrected chi connectivity index (χ4v) is 1.95. The van der Waals surface area contributed by atoms with Gasteiger partial charge in [0.1, 0.15) is 0 Å². The Labute approximate surface area is 65.3 Å². The van der Waals surface area contributed by atoms with Crippen molar-refractivity contribution in [2.75, 3.05) is 12.9 Å². The third-order valence-electron chi connectivity index (χ3n) is 1.69. The van der Waals surface area contributed by atoms with Gasteiger partial charge in [-0.2, -0.15) is 11.8 Å². The van der Waals surface area contributed by atoms with Gasteiger partial charge in [0.2, 0.25) is 0 Å². The average Bonchev–Trinajstić information content (AvgIpc) is 1.88. The maximum atomic E-state index is 10.8. The number of carbonyl (C=O) groups is 1. The normalized spacial score (nSPS) is 32.0. The lowest BCUT2D eigenvalue weighted by atomic mass is 9.93. The SMILES string of the molecule is CCOC1CC(=O)C1SC. The summed E-state index contributed by atoms with van der Waals surface area (Å²) in [5.74, 6) is 0.339. The molecule has 1 rings (SSSR count). The molecule has 0 radical (unpaired) electrons. The molecule has 0 aromatic carbocycles. The molecular formula is C7H12O2S. The summed E-state index contributed by atoms with van der Waals surface area (Å²) in [5, 5.41) is 0.125. The molecule has 1 fully saturated rings. The van der Waals surface area contributed by atoms with Crippen LogP contribution in [0.3, 0.4) is 0 Å². The van der Waals surface area contributed by atoms with Crippen molar-refractivity contribution in [3.8, 4) is 0 Å². The summed E-state index contributed by atoms with van der Waals surface area (Å²) in [7, 11) is 0. The van der Waals surface area contributed by atoms with Crippen LogP contribution in [-0.4, -0.2) is 30.0 Å². The van der Waals surface area contributed by atoms with Crippen LogP contribution in [0.15, 0.2) is 0 Å². The largest absolute Gasteiger partial charge is 0.376 e. The molecular weight excluding hydrogens is 148 g/mol. The number of hydrogen-bond acceptors (Lipinski definition) is 3. The molecule has 2 unspecified atom stereocenters. The minimum absolute atomic E-state index is 0.125. The van der Waals surface area contributed by atoms with Crippen molar-refractivity contribution in [1.82, 2.24) is 0 Å². The summed E-state index contributed by atoms with van der Waals surface area (Å²) in [6.45, 7) is 2.68. The molecule has 0 spiro atoms. The predicted octanol–water partition coefficient (Wildman–Crippen LogP) is 1.10. The van der Waals surface area contributed by atoms with E-state index >= 15 is 0 Å². The molecule has 0 heterocycles. The average molecular weight is 160 g/mol. The monoisotopic (exact) mass is 160 g/mol. The lowest BCUT2D eigenvalue weighted by Gasteiger charge is -2.32. The van der Waals surface area contributed by atoms with Gasteiger partial charge in [0.25, 0.3) is 0 Å². The van der Waals surface area contributed by atoms with Crippen molar-refractivity contribution < 1.29 is 9.53 Å². The predicted molar refractivity (Wildman–Crippen MR) is 42.3 cm³/mol. The van der Waals surface area contributed by atoms with Crippen LogP contribution in [0.1, 0.15) is 13.3 Å². The number of thioether (sulfide) groups is 1. The van der Waals surface area contributed by atoms with Gasteiger partial charge in [-0.1, -0.05) is 0 Å². The van der Waals surface area contributed by atoms with Gasteiger partial charge in [-0.3, -0.25) is 4.79 Å². The minimum atomic E-state index is 0.125. The highest BCUT2D eigenvalue weighted by Gasteiger charge is 2.39. The van der Waals surface area contributed by atoms with E-state index in [2.05, 4.69) is 0 Å². The summed E-state index contributed by atoms with van der Waals surface area (Å²) < 4.78 is 5.31. The van der Waals surface area contributed by atoms with Gasteiger partial charge in [-0.05, 0) is 13.2 Å². The van der Waals surface area contributed by atoms with E-state index in [9.17, 15) is 4.79 Å². The van der Waals surface area contributed by atoms with E-state index in [1.807, 2.05) is 13.2 Å². The van der Waals surface area contributed by atoms with Crippen LogP contribution in [0.5, 0.6) is 0 Å². The van der Waals surface area contributed by atoms with Gasteiger partial charge in [0, 0.05) is 13.0 Å². The summed E-state index contributed by atoms with van der Waals surface area (Å²) in [6.07, 6.45) is 2.78. The molecule has 0 N–H and O–H groups in total. The van der Waals surface area contributed by atoms with Gasteiger partial charge < -0.3 is 4.74 Å². The van der Waals surface area contributed by atoms with Gasteiger partial charge in [0.15, 0.2) is 5.78 Å². The second kappa shape index (κ2) is 3.39. The zero-order valence-corrected chi connectivity index (χ0v) is 7.11. The number of Topliss-reactive ketones (excluding diaryl/α,β-unsaturated/α-hetero) is 1. The van der Waals surface area contributed by atoms with Crippen molar-refractivity contribution in [1.29, 1.82) is 0 Å². The van der Waals surface area contributed by atoms with Crippen LogP contribution < -0.4 is 0 Å².